The van der Waals surface area contributed by atoms with Crippen LogP contribution in [0.4, 0.5) is 16.2 Å². The van der Waals surface area contributed by atoms with E-state index in [1.807, 2.05) is 37.3 Å². The van der Waals surface area contributed by atoms with Crippen molar-refractivity contribution in [2.24, 2.45) is 5.73 Å². The van der Waals surface area contributed by atoms with Crippen molar-refractivity contribution < 1.29 is 9.53 Å². The number of nitrogens with two attached hydrogens (primary N) is 2. The summed E-state index contributed by atoms with van der Waals surface area (Å²) < 4.78 is 4.83. The van der Waals surface area contributed by atoms with Crippen molar-refractivity contribution in [3.05, 3.63) is 59.2 Å². The number of nitrogen functional groups attached to an aromatic ring is 1. The fourth-order valence-corrected chi connectivity index (χ4v) is 2.22. The van der Waals surface area contributed by atoms with Crippen molar-refractivity contribution in [1.82, 2.24) is 0 Å². The number of rotatable bonds is 4. The number of hydrogen-bond acceptors (Lipinski definition) is 4. The molecule has 0 aliphatic carbocycles. The number of aryl methyl sites for hydroxylation is 1. The summed E-state index contributed by atoms with van der Waals surface area (Å²) in [5.74, 6) is 0. The topological polar surface area (TPSA) is 90.4 Å². The van der Waals surface area contributed by atoms with E-state index in [1.54, 1.807) is 19.1 Å². The Morgan fingerprint density at radius 2 is 1.95 bits per heavy atom. The molecule has 0 aliphatic rings. The van der Waals surface area contributed by atoms with Gasteiger partial charge in [0, 0.05) is 0 Å². The Hall–Kier alpha value is -2.53. The maximum Gasteiger partial charge on any atom is 0.411 e. The molecule has 2 aromatic carbocycles. The normalized spacial score (nSPS) is 11.8. The first-order valence-corrected chi connectivity index (χ1v) is 7.16. The Kier molecular flexibility index (Phi) is 5.01. The molecule has 1 atom stereocenters. The number of carbonyl (C=O) groups is 1. The average molecular weight is 299 g/mol. The largest absolute Gasteiger partial charge is 0.450 e. The zero-order valence-corrected chi connectivity index (χ0v) is 12.8. The van der Waals surface area contributed by atoms with Crippen LogP contribution in [-0.4, -0.2) is 12.7 Å². The summed E-state index contributed by atoms with van der Waals surface area (Å²) in [5, 5.41) is 2.60. The zero-order valence-electron chi connectivity index (χ0n) is 12.8. The summed E-state index contributed by atoms with van der Waals surface area (Å²) in [7, 11) is 0. The molecule has 5 N–H and O–H groups in total. The minimum Gasteiger partial charge on any atom is -0.450 e. The molecule has 5 nitrogen and oxygen atoms in total. The van der Waals surface area contributed by atoms with Crippen LogP contribution in [-0.2, 0) is 4.74 Å². The van der Waals surface area contributed by atoms with Gasteiger partial charge in [0.1, 0.15) is 0 Å². The molecule has 5 heteroatoms. The van der Waals surface area contributed by atoms with Gasteiger partial charge in [0.2, 0.25) is 0 Å². The maximum atomic E-state index is 11.4. The molecular formula is C17H21N3O2. The molecule has 0 saturated heterocycles. The van der Waals surface area contributed by atoms with Gasteiger partial charge < -0.3 is 16.2 Å². The van der Waals surface area contributed by atoms with Gasteiger partial charge in [-0.2, -0.15) is 0 Å². The molecule has 0 fully saturated rings. The number of carbonyl (C=O) groups excluding carboxylic acids is 1. The average Bonchev–Trinajstić information content (AvgIpc) is 2.49. The molecule has 2 aromatic rings. The maximum absolute atomic E-state index is 11.4. The van der Waals surface area contributed by atoms with Crippen LogP contribution >= 0.6 is 0 Å². The number of hydrogen-bond donors (Lipinski definition) is 3. The second-order valence-corrected chi connectivity index (χ2v) is 5.08. The molecular weight excluding hydrogens is 278 g/mol. The van der Waals surface area contributed by atoms with E-state index in [0.29, 0.717) is 18.0 Å². The summed E-state index contributed by atoms with van der Waals surface area (Å²) in [4.78, 5) is 11.4. The number of anilines is 2. The van der Waals surface area contributed by atoms with Crippen molar-refractivity contribution in [1.29, 1.82) is 0 Å². The number of benzene rings is 2. The third kappa shape index (κ3) is 3.77. The van der Waals surface area contributed by atoms with Crippen LogP contribution in [0.2, 0.25) is 0 Å². The third-order valence-corrected chi connectivity index (χ3v) is 3.35. The molecule has 1 unspecified atom stereocenters. The van der Waals surface area contributed by atoms with E-state index in [-0.39, 0.29) is 6.04 Å². The lowest BCUT2D eigenvalue weighted by Gasteiger charge is -2.15. The van der Waals surface area contributed by atoms with Crippen LogP contribution in [0, 0.1) is 6.92 Å². The van der Waals surface area contributed by atoms with Gasteiger partial charge in [0.15, 0.2) is 0 Å². The molecule has 22 heavy (non-hydrogen) atoms. The summed E-state index contributed by atoms with van der Waals surface area (Å²) in [6.07, 6.45) is -0.523. The molecule has 116 valence electrons. The smallest absolute Gasteiger partial charge is 0.411 e. The third-order valence-electron chi connectivity index (χ3n) is 3.35. The molecule has 2 rings (SSSR count). The van der Waals surface area contributed by atoms with E-state index >= 15 is 0 Å². The predicted molar refractivity (Wildman–Crippen MR) is 88.7 cm³/mol. The first-order chi connectivity index (χ1) is 10.5. The number of amides is 1. The molecule has 0 heterocycles. The van der Waals surface area contributed by atoms with Gasteiger partial charge in [-0.1, -0.05) is 35.9 Å². The van der Waals surface area contributed by atoms with E-state index in [1.165, 1.54) is 0 Å². The molecule has 0 aromatic heterocycles. The van der Waals surface area contributed by atoms with Gasteiger partial charge in [-0.05, 0) is 37.1 Å². The molecule has 0 aliphatic heterocycles. The van der Waals surface area contributed by atoms with Gasteiger partial charge in [-0.3, -0.25) is 5.32 Å². The monoisotopic (exact) mass is 299 g/mol. The quantitative estimate of drug-likeness (QED) is 0.756. The number of nitrogens with one attached hydrogen (secondary N) is 1. The molecule has 0 bridgehead atoms. The van der Waals surface area contributed by atoms with Crippen molar-refractivity contribution in [2.45, 2.75) is 19.9 Å². The molecule has 0 radical (unpaired) electrons. The highest BCUT2D eigenvalue weighted by Gasteiger charge is 2.12. The molecule has 0 saturated carbocycles. The lowest BCUT2D eigenvalue weighted by atomic mass is 9.97. The first kappa shape index (κ1) is 15.9. The van der Waals surface area contributed by atoms with Crippen molar-refractivity contribution in [3.63, 3.8) is 0 Å². The molecule has 0 spiro atoms. The van der Waals surface area contributed by atoms with Crippen LogP contribution in [0.3, 0.4) is 0 Å². The Labute approximate surface area is 130 Å². The fourth-order valence-electron chi connectivity index (χ4n) is 2.22. The summed E-state index contributed by atoms with van der Waals surface area (Å²) in [6.45, 7) is 4.08. The van der Waals surface area contributed by atoms with Crippen molar-refractivity contribution in [3.8, 4) is 0 Å². The predicted octanol–water partition coefficient (Wildman–Crippen LogP) is 3.19. The first-order valence-electron chi connectivity index (χ1n) is 7.16. The van der Waals surface area contributed by atoms with E-state index in [0.717, 1.165) is 16.7 Å². The summed E-state index contributed by atoms with van der Waals surface area (Å²) in [5.41, 5.74) is 16.3. The standard InChI is InChI=1S/C17H21N3O2/c1-3-22-17(21)20-15-8-7-13(10-14(15)18)16(19)12-6-4-5-11(2)9-12/h4-10,16H,3,18-19H2,1-2H3,(H,20,21). The van der Waals surface area contributed by atoms with Crippen LogP contribution < -0.4 is 16.8 Å². The fraction of sp³-hybridized carbons (Fsp3) is 0.235. The van der Waals surface area contributed by atoms with Gasteiger partial charge in [0.25, 0.3) is 0 Å². The number of ether oxygens (including phenoxy) is 1. The second-order valence-electron chi connectivity index (χ2n) is 5.08. The van der Waals surface area contributed by atoms with Crippen LogP contribution in [0.5, 0.6) is 0 Å². The van der Waals surface area contributed by atoms with Gasteiger partial charge in [-0.15, -0.1) is 0 Å². The Bertz CT molecular complexity index is 671. The Morgan fingerprint density at radius 3 is 2.59 bits per heavy atom. The van der Waals surface area contributed by atoms with Crippen molar-refractivity contribution in [2.75, 3.05) is 17.7 Å². The Morgan fingerprint density at radius 1 is 1.23 bits per heavy atom. The van der Waals surface area contributed by atoms with Crippen LogP contribution in [0.15, 0.2) is 42.5 Å². The van der Waals surface area contributed by atoms with E-state index in [9.17, 15) is 4.79 Å². The molecule has 1 amide bonds. The minimum atomic E-state index is -0.523. The van der Waals surface area contributed by atoms with Gasteiger partial charge >= 0.3 is 6.09 Å². The lowest BCUT2D eigenvalue weighted by Crippen LogP contribution is -2.16. The van der Waals surface area contributed by atoms with Crippen LogP contribution in [0.1, 0.15) is 29.7 Å². The van der Waals surface area contributed by atoms with Gasteiger partial charge in [-0.25, -0.2) is 4.79 Å². The van der Waals surface area contributed by atoms with Crippen LogP contribution in [0.25, 0.3) is 0 Å². The zero-order chi connectivity index (χ0) is 16.1. The van der Waals surface area contributed by atoms with Gasteiger partial charge in [0.05, 0.1) is 24.0 Å². The summed E-state index contributed by atoms with van der Waals surface area (Å²) >= 11 is 0. The second kappa shape index (κ2) is 6.95. The lowest BCUT2D eigenvalue weighted by molar-refractivity contribution is 0.168. The highest BCUT2D eigenvalue weighted by atomic mass is 16.5. The summed E-state index contributed by atoms with van der Waals surface area (Å²) in [6, 6.07) is 13.1. The van der Waals surface area contributed by atoms with E-state index in [2.05, 4.69) is 5.32 Å². The SMILES string of the molecule is CCOC(=O)Nc1ccc(C(N)c2cccc(C)c2)cc1N. The van der Waals surface area contributed by atoms with E-state index < -0.39 is 6.09 Å². The van der Waals surface area contributed by atoms with Crippen molar-refractivity contribution >= 4 is 17.5 Å². The van der Waals surface area contributed by atoms with E-state index in [4.69, 9.17) is 16.2 Å². The Balaban J connectivity index is 2.20. The highest BCUT2D eigenvalue weighted by Crippen LogP contribution is 2.26. The minimum absolute atomic E-state index is 0.265. The highest BCUT2D eigenvalue weighted by molar-refractivity contribution is 5.89.